The van der Waals surface area contributed by atoms with Crippen LogP contribution in [0.15, 0.2) is 18.3 Å². The highest BCUT2D eigenvalue weighted by Gasteiger charge is 2.25. The van der Waals surface area contributed by atoms with Gasteiger partial charge < -0.3 is 11.1 Å². The summed E-state index contributed by atoms with van der Waals surface area (Å²) in [6.45, 7) is 2.10. The number of carbonyl (C=O) groups excluding carboxylic acids is 1. The van der Waals surface area contributed by atoms with Gasteiger partial charge in [-0.25, -0.2) is 0 Å². The lowest BCUT2D eigenvalue weighted by Crippen LogP contribution is -2.30. The molecule has 1 aromatic carbocycles. The molecule has 3 aromatic rings. The first-order valence-corrected chi connectivity index (χ1v) is 7.26. The number of benzene rings is 1. The summed E-state index contributed by atoms with van der Waals surface area (Å²) in [7, 11) is 0. The summed E-state index contributed by atoms with van der Waals surface area (Å²) in [5.41, 5.74) is 8.93. The van der Waals surface area contributed by atoms with Crippen molar-refractivity contribution in [3.05, 3.63) is 34.6 Å². The van der Waals surface area contributed by atoms with Crippen LogP contribution in [0.25, 0.3) is 22.2 Å². The van der Waals surface area contributed by atoms with Crippen LogP contribution in [0.2, 0.25) is 5.02 Å². The molecule has 0 bridgehead atoms. The summed E-state index contributed by atoms with van der Waals surface area (Å²) in [6, 6.07) is 3.68. The van der Waals surface area contributed by atoms with Crippen molar-refractivity contribution < 1.29 is 4.79 Å². The molecule has 2 aromatic heterocycles. The zero-order valence-corrected chi connectivity index (χ0v) is 12.3. The fraction of sp³-hybridized carbons (Fsp3) is 0.214. The van der Waals surface area contributed by atoms with Crippen molar-refractivity contribution in [2.24, 2.45) is 5.73 Å². The molecule has 3 heterocycles. The van der Waals surface area contributed by atoms with E-state index < -0.39 is 5.91 Å². The molecule has 0 spiro atoms. The molecule has 0 radical (unpaired) electrons. The lowest BCUT2D eigenvalue weighted by molar-refractivity contribution is 0.0999. The molecule has 1 aliphatic heterocycles. The molecule has 0 saturated carbocycles. The molecule has 22 heavy (non-hydrogen) atoms. The van der Waals surface area contributed by atoms with Crippen LogP contribution >= 0.6 is 11.6 Å². The van der Waals surface area contributed by atoms with Crippen LogP contribution in [0, 0.1) is 0 Å². The molecule has 0 unspecified atom stereocenters. The van der Waals surface area contributed by atoms with Gasteiger partial charge in [0.15, 0.2) is 0 Å². The number of nitrogens with one attached hydrogen (secondary N) is 2. The Kier molecular flexibility index (Phi) is 2.91. The van der Waals surface area contributed by atoms with Crippen molar-refractivity contribution in [2.75, 3.05) is 6.54 Å². The normalized spacial score (nSPS) is 14.2. The summed E-state index contributed by atoms with van der Waals surface area (Å²) < 4.78 is 1.83. The number of hydrogen-bond acceptors (Lipinski definition) is 4. The Morgan fingerprint density at radius 3 is 3.09 bits per heavy atom. The Labute approximate surface area is 130 Å². The predicted molar refractivity (Wildman–Crippen MR) is 82.5 cm³/mol. The summed E-state index contributed by atoms with van der Waals surface area (Å²) in [5.74, 6) is -0.483. The molecule has 1 aliphatic rings. The van der Waals surface area contributed by atoms with E-state index in [1.165, 1.54) is 0 Å². The van der Waals surface area contributed by atoms with Crippen LogP contribution in [-0.2, 0) is 13.1 Å². The number of rotatable bonds is 2. The van der Waals surface area contributed by atoms with Crippen LogP contribution < -0.4 is 11.1 Å². The first-order valence-electron chi connectivity index (χ1n) is 6.88. The minimum absolute atomic E-state index is 0.450. The van der Waals surface area contributed by atoms with Crippen molar-refractivity contribution in [3.8, 4) is 11.3 Å². The summed E-state index contributed by atoms with van der Waals surface area (Å²) >= 11 is 6.28. The van der Waals surface area contributed by atoms with E-state index >= 15 is 0 Å². The third-order valence-corrected chi connectivity index (χ3v) is 4.17. The highest BCUT2D eigenvalue weighted by Crippen LogP contribution is 2.32. The van der Waals surface area contributed by atoms with Crippen molar-refractivity contribution in [1.29, 1.82) is 0 Å². The van der Waals surface area contributed by atoms with Crippen molar-refractivity contribution in [3.63, 3.8) is 0 Å². The number of nitrogens with zero attached hydrogens (tertiary/aromatic N) is 3. The number of carbonyl (C=O) groups is 1. The molecule has 8 heteroatoms. The number of halogens is 1. The smallest absolute Gasteiger partial charge is 0.252 e. The lowest BCUT2D eigenvalue weighted by Gasteiger charge is -2.15. The number of nitrogens with two attached hydrogens (primary N) is 1. The zero-order chi connectivity index (χ0) is 15.3. The van der Waals surface area contributed by atoms with Gasteiger partial charge in [0.2, 0.25) is 0 Å². The highest BCUT2D eigenvalue weighted by atomic mass is 35.5. The second-order valence-electron chi connectivity index (χ2n) is 5.23. The van der Waals surface area contributed by atoms with Gasteiger partial charge >= 0.3 is 0 Å². The SMILES string of the molecule is NC(=O)c1c(-c2cc(Cl)c3[nH]ncc3c2)nn2c1CNCC2. The zero-order valence-electron chi connectivity index (χ0n) is 11.6. The molecule has 4 rings (SSSR count). The third kappa shape index (κ3) is 1.90. The van der Waals surface area contributed by atoms with Gasteiger partial charge in [-0.1, -0.05) is 11.6 Å². The maximum atomic E-state index is 11.9. The second-order valence-corrected chi connectivity index (χ2v) is 5.63. The topological polar surface area (TPSA) is 102 Å². The molecule has 0 fully saturated rings. The minimum Gasteiger partial charge on any atom is -0.365 e. The predicted octanol–water partition coefficient (Wildman–Crippen LogP) is 1.28. The molecule has 1 amide bonds. The van der Waals surface area contributed by atoms with Crippen LogP contribution in [0.5, 0.6) is 0 Å². The number of primary amides is 1. The van der Waals surface area contributed by atoms with Gasteiger partial charge in [-0.3, -0.25) is 14.6 Å². The first kappa shape index (κ1) is 13.3. The Morgan fingerprint density at radius 1 is 1.41 bits per heavy atom. The van der Waals surface area contributed by atoms with E-state index in [-0.39, 0.29) is 0 Å². The molecule has 0 aliphatic carbocycles. The monoisotopic (exact) mass is 316 g/mol. The number of hydrogen-bond donors (Lipinski definition) is 3. The fourth-order valence-corrected chi connectivity index (χ4v) is 3.13. The van der Waals surface area contributed by atoms with E-state index in [1.54, 1.807) is 12.3 Å². The number of aromatic nitrogens is 4. The second kappa shape index (κ2) is 4.82. The molecule has 0 saturated heterocycles. The molecule has 0 atom stereocenters. The molecule has 4 N–H and O–H groups in total. The Morgan fingerprint density at radius 2 is 2.27 bits per heavy atom. The first-order chi connectivity index (χ1) is 10.6. The maximum absolute atomic E-state index is 11.9. The standard InChI is InChI=1S/C14H13ClN6O/c15-9-4-7(3-8-5-18-19-12(8)9)13-11(14(16)22)10-6-17-1-2-21(10)20-13/h3-5,17H,1-2,6H2,(H2,16,22)(H,18,19). The molecule has 112 valence electrons. The summed E-state index contributed by atoms with van der Waals surface area (Å²) in [6.07, 6.45) is 1.69. The number of fused-ring (bicyclic) bond motifs is 2. The Balaban J connectivity index is 1.97. The van der Waals surface area contributed by atoms with Crippen LogP contribution in [-0.4, -0.2) is 32.4 Å². The average Bonchev–Trinajstić information content (AvgIpc) is 3.11. The maximum Gasteiger partial charge on any atom is 0.252 e. The van der Waals surface area contributed by atoms with Gasteiger partial charge in [-0.05, 0) is 12.1 Å². The molecular weight excluding hydrogens is 304 g/mol. The van der Waals surface area contributed by atoms with Crippen molar-refractivity contribution in [1.82, 2.24) is 25.3 Å². The average molecular weight is 317 g/mol. The summed E-state index contributed by atoms with van der Waals surface area (Å²) in [4.78, 5) is 11.9. The number of aromatic amines is 1. The van der Waals surface area contributed by atoms with Crippen LogP contribution in [0.4, 0.5) is 0 Å². The Hall–Kier alpha value is -2.38. The molecular formula is C14H13ClN6O. The van der Waals surface area contributed by atoms with E-state index in [1.807, 2.05) is 10.7 Å². The van der Waals surface area contributed by atoms with Crippen molar-refractivity contribution >= 4 is 28.4 Å². The third-order valence-electron chi connectivity index (χ3n) is 3.87. The number of amides is 1. The van der Waals surface area contributed by atoms with Gasteiger partial charge in [0.05, 0.1) is 34.5 Å². The Bertz CT molecular complexity index is 896. The quantitative estimate of drug-likeness (QED) is 0.663. The van der Waals surface area contributed by atoms with E-state index in [2.05, 4.69) is 20.6 Å². The highest BCUT2D eigenvalue weighted by molar-refractivity contribution is 6.35. The van der Waals surface area contributed by atoms with Crippen molar-refractivity contribution in [2.45, 2.75) is 13.1 Å². The van der Waals surface area contributed by atoms with Crippen LogP contribution in [0.3, 0.4) is 0 Å². The summed E-state index contributed by atoms with van der Waals surface area (Å²) in [5, 5.41) is 16.0. The van der Waals surface area contributed by atoms with Gasteiger partial charge in [-0.15, -0.1) is 0 Å². The van der Waals surface area contributed by atoms with E-state index in [9.17, 15) is 4.79 Å². The van der Waals surface area contributed by atoms with E-state index in [0.29, 0.717) is 29.4 Å². The minimum atomic E-state index is -0.483. The molecule has 7 nitrogen and oxygen atoms in total. The van der Waals surface area contributed by atoms with Gasteiger partial charge in [-0.2, -0.15) is 10.2 Å². The largest absolute Gasteiger partial charge is 0.365 e. The fourth-order valence-electron chi connectivity index (χ4n) is 2.86. The van der Waals surface area contributed by atoms with E-state index in [0.717, 1.165) is 28.7 Å². The van der Waals surface area contributed by atoms with Gasteiger partial charge in [0, 0.05) is 24.0 Å². The number of H-pyrrole nitrogens is 1. The van der Waals surface area contributed by atoms with Crippen LogP contribution in [0.1, 0.15) is 16.1 Å². The van der Waals surface area contributed by atoms with Gasteiger partial charge in [0.1, 0.15) is 5.69 Å². The van der Waals surface area contributed by atoms with Gasteiger partial charge in [0.25, 0.3) is 5.91 Å². The van der Waals surface area contributed by atoms with E-state index in [4.69, 9.17) is 17.3 Å². The lowest BCUT2D eigenvalue weighted by atomic mass is 10.0.